The zero-order valence-electron chi connectivity index (χ0n) is 54.3. The molecule has 0 aliphatic heterocycles. The Labute approximate surface area is 574 Å². The molecule has 0 radical (unpaired) electrons. The quantitative estimate of drug-likeness (QED) is 0.142. The van der Waals surface area contributed by atoms with Gasteiger partial charge in [-0.3, -0.25) is 0 Å². The van der Waals surface area contributed by atoms with E-state index in [2.05, 4.69) is 370 Å². The van der Waals surface area contributed by atoms with E-state index in [1.807, 2.05) is 0 Å². The van der Waals surface area contributed by atoms with Crippen LogP contribution in [-0.4, -0.2) is 18.3 Å². The van der Waals surface area contributed by atoms with Gasteiger partial charge in [-0.2, -0.15) is 0 Å². The lowest BCUT2D eigenvalue weighted by molar-refractivity contribution is 1.18. The standard InChI is InChI=1S/C96H58N4/c1-2-21-62(22-3-1)100-91-42-19-34-66(94(91)84-37-18-36-82(96(84)100)81-35-20-41-90-95(81)83-33-14-17-40-89(83)98(90)64-49-53-75-71-27-6-4-23-67(71)69-25-8-10-29-73(69)85(75)57-64)59-43-47-63(48-44-59)97-87-38-15-12-31-77(87)79-51-45-60(55-92(79)97)61-46-52-80-78-32-13-16-39-88(78)99(93(80)56-61)65-50-54-76-72-28-7-5-24-68(72)70-26-9-11-30-74(70)86(76)58-65/h1-58H. The minimum Gasteiger partial charge on any atom is -0.309 e. The van der Waals surface area contributed by atoms with Gasteiger partial charge in [0.1, 0.15) is 0 Å². The van der Waals surface area contributed by atoms with Crippen molar-refractivity contribution in [3.63, 3.8) is 0 Å². The summed E-state index contributed by atoms with van der Waals surface area (Å²) in [6.07, 6.45) is 0. The minimum absolute atomic E-state index is 1.11. The van der Waals surface area contributed by atoms with Crippen molar-refractivity contribution in [1.29, 1.82) is 0 Å². The van der Waals surface area contributed by atoms with E-state index in [9.17, 15) is 0 Å². The van der Waals surface area contributed by atoms with Crippen molar-refractivity contribution in [3.8, 4) is 56.1 Å². The van der Waals surface area contributed by atoms with Gasteiger partial charge in [-0.15, -0.1) is 0 Å². The van der Waals surface area contributed by atoms with Crippen LogP contribution in [0.15, 0.2) is 352 Å². The molecule has 22 aromatic rings. The summed E-state index contributed by atoms with van der Waals surface area (Å²) < 4.78 is 9.94. The van der Waals surface area contributed by atoms with Crippen LogP contribution in [-0.2, 0) is 0 Å². The number of hydrogen-bond acceptors (Lipinski definition) is 0. The van der Waals surface area contributed by atoms with E-state index in [4.69, 9.17) is 0 Å². The normalized spacial score (nSPS) is 12.2. The first-order valence-corrected chi connectivity index (χ1v) is 34.6. The SMILES string of the molecule is c1ccc(-n2c3cccc(-c4ccc(-n5c6ccccc6c6ccc(-c7ccc8c9ccccc9n(-c9ccc%10c%11ccccc%11c%11ccccc%11c%10c9)c8c7)cc65)cc4)c3c3cccc(-c4cccc5c4c4ccccc4n5-c4ccc5c6ccccc6c6ccccc6c5c4)c32)cc1. The lowest BCUT2D eigenvalue weighted by Crippen LogP contribution is -1.96. The van der Waals surface area contributed by atoms with Gasteiger partial charge in [0.05, 0.1) is 44.1 Å². The van der Waals surface area contributed by atoms with E-state index < -0.39 is 0 Å². The Morgan fingerprint density at radius 1 is 0.140 bits per heavy atom. The van der Waals surface area contributed by atoms with Crippen LogP contribution in [0, 0.1) is 0 Å². The Kier molecular flexibility index (Phi) is 11.6. The molecular formula is C96H58N4. The second-order valence-corrected chi connectivity index (χ2v) is 27.0. The molecule has 18 aromatic carbocycles. The van der Waals surface area contributed by atoms with Gasteiger partial charge in [0, 0.05) is 71.4 Å². The van der Waals surface area contributed by atoms with E-state index in [1.165, 1.54) is 174 Å². The number of para-hydroxylation sites is 5. The van der Waals surface area contributed by atoms with E-state index in [1.54, 1.807) is 0 Å². The summed E-state index contributed by atoms with van der Waals surface area (Å²) in [5.74, 6) is 0. The molecule has 4 nitrogen and oxygen atoms in total. The first kappa shape index (κ1) is 54.9. The topological polar surface area (TPSA) is 19.7 Å². The smallest absolute Gasteiger partial charge is 0.0619 e. The lowest BCUT2D eigenvalue weighted by atomic mass is 9.94. The van der Waals surface area contributed by atoms with Crippen LogP contribution >= 0.6 is 0 Å². The average molecular weight is 1270 g/mol. The third kappa shape index (κ3) is 7.81. The van der Waals surface area contributed by atoms with Gasteiger partial charge in [-0.05, 0) is 183 Å². The lowest BCUT2D eigenvalue weighted by Gasteiger charge is -2.14. The van der Waals surface area contributed by atoms with Crippen LogP contribution in [0.4, 0.5) is 0 Å². The molecule has 0 aliphatic rings. The fourth-order valence-electron chi connectivity index (χ4n) is 17.7. The van der Waals surface area contributed by atoms with Crippen molar-refractivity contribution in [2.45, 2.75) is 0 Å². The van der Waals surface area contributed by atoms with Crippen molar-refractivity contribution < 1.29 is 0 Å². The second kappa shape index (κ2) is 21.1. The molecule has 22 rings (SSSR count). The van der Waals surface area contributed by atoms with Gasteiger partial charge >= 0.3 is 0 Å². The van der Waals surface area contributed by atoms with Gasteiger partial charge in [-0.25, -0.2) is 0 Å². The Hall–Kier alpha value is -13.3. The highest BCUT2D eigenvalue weighted by Crippen LogP contribution is 2.48. The van der Waals surface area contributed by atoms with E-state index >= 15 is 0 Å². The Morgan fingerprint density at radius 2 is 0.450 bits per heavy atom. The summed E-state index contributed by atoms with van der Waals surface area (Å²) in [6, 6.07) is 131. The third-order valence-corrected chi connectivity index (χ3v) is 21.9. The van der Waals surface area contributed by atoms with Crippen LogP contribution in [0.5, 0.6) is 0 Å². The number of nitrogens with zero attached hydrogens (tertiary/aromatic N) is 4. The minimum atomic E-state index is 1.11. The van der Waals surface area contributed by atoms with Crippen LogP contribution in [0.2, 0.25) is 0 Å². The molecule has 0 saturated heterocycles. The third-order valence-electron chi connectivity index (χ3n) is 21.9. The zero-order chi connectivity index (χ0) is 65.3. The maximum absolute atomic E-state index is 2.51. The molecule has 462 valence electrons. The molecule has 4 heterocycles. The largest absolute Gasteiger partial charge is 0.309 e. The Bertz CT molecular complexity index is 7190. The fourth-order valence-corrected chi connectivity index (χ4v) is 17.7. The number of aromatic nitrogens is 4. The number of benzene rings is 18. The summed E-state index contributed by atoms with van der Waals surface area (Å²) in [6.45, 7) is 0. The highest BCUT2D eigenvalue weighted by molar-refractivity contribution is 6.28. The molecule has 4 heteroatoms. The first-order valence-electron chi connectivity index (χ1n) is 34.6. The molecule has 0 atom stereocenters. The van der Waals surface area contributed by atoms with Crippen LogP contribution in [0.1, 0.15) is 0 Å². The van der Waals surface area contributed by atoms with Gasteiger partial charge in [-0.1, -0.05) is 261 Å². The van der Waals surface area contributed by atoms with Gasteiger partial charge < -0.3 is 18.3 Å². The van der Waals surface area contributed by atoms with Gasteiger partial charge in [0.2, 0.25) is 0 Å². The van der Waals surface area contributed by atoms with Crippen molar-refractivity contribution in [1.82, 2.24) is 18.3 Å². The molecule has 4 aromatic heterocycles. The molecule has 0 fully saturated rings. The van der Waals surface area contributed by atoms with E-state index in [0.29, 0.717) is 0 Å². The molecular weight excluding hydrogens is 1210 g/mol. The predicted molar refractivity (Wildman–Crippen MR) is 425 cm³/mol. The van der Waals surface area contributed by atoms with Crippen LogP contribution in [0.3, 0.4) is 0 Å². The molecule has 0 N–H and O–H groups in total. The summed E-state index contributed by atoms with van der Waals surface area (Å²) in [7, 11) is 0. The zero-order valence-corrected chi connectivity index (χ0v) is 54.3. The fraction of sp³-hybridized carbons (Fsp3) is 0. The van der Waals surface area contributed by atoms with E-state index in [0.717, 1.165) is 33.8 Å². The van der Waals surface area contributed by atoms with Crippen molar-refractivity contribution in [2.75, 3.05) is 0 Å². The number of hydrogen-bond donors (Lipinski definition) is 0. The molecule has 0 amide bonds. The summed E-state index contributed by atoms with van der Waals surface area (Å²) >= 11 is 0. The van der Waals surface area contributed by atoms with Gasteiger partial charge in [0.25, 0.3) is 0 Å². The maximum Gasteiger partial charge on any atom is 0.0619 e. The Morgan fingerprint density at radius 3 is 0.970 bits per heavy atom. The van der Waals surface area contributed by atoms with E-state index in [-0.39, 0.29) is 0 Å². The van der Waals surface area contributed by atoms with Crippen LogP contribution in [0.25, 0.3) is 208 Å². The molecule has 0 aliphatic carbocycles. The second-order valence-electron chi connectivity index (χ2n) is 27.0. The van der Waals surface area contributed by atoms with Crippen molar-refractivity contribution >= 4 is 152 Å². The van der Waals surface area contributed by atoms with Crippen molar-refractivity contribution in [2.24, 2.45) is 0 Å². The average Bonchev–Trinajstić information content (AvgIpc) is 1.49. The highest BCUT2D eigenvalue weighted by Gasteiger charge is 2.25. The number of rotatable bonds is 7. The van der Waals surface area contributed by atoms with Crippen molar-refractivity contribution in [3.05, 3.63) is 352 Å². The number of fused-ring (bicyclic) bond motifs is 24. The maximum atomic E-state index is 2.51. The molecule has 0 spiro atoms. The summed E-state index contributed by atoms with van der Waals surface area (Å²) in [4.78, 5) is 0. The molecule has 100 heavy (non-hydrogen) atoms. The highest BCUT2D eigenvalue weighted by atomic mass is 15.0. The Balaban J connectivity index is 0.684. The molecule has 0 saturated carbocycles. The van der Waals surface area contributed by atoms with Gasteiger partial charge in [0.15, 0.2) is 0 Å². The summed E-state index contributed by atoms with van der Waals surface area (Å²) in [5.41, 5.74) is 21.0. The summed E-state index contributed by atoms with van der Waals surface area (Å²) in [5, 5.41) is 25.1. The molecule has 0 unspecified atom stereocenters. The first-order chi connectivity index (χ1) is 49.6. The van der Waals surface area contributed by atoms with Crippen LogP contribution < -0.4 is 0 Å². The molecule has 0 bridgehead atoms. The predicted octanol–water partition coefficient (Wildman–Crippen LogP) is 26.0. The monoisotopic (exact) mass is 1270 g/mol.